The Labute approximate surface area is 67.2 Å². The fourth-order valence-corrected chi connectivity index (χ4v) is 0.935. The molecular weight excluding hydrogens is 229 g/mol. The van der Waals surface area contributed by atoms with Gasteiger partial charge in [-0.15, -0.1) is 0 Å². The van der Waals surface area contributed by atoms with E-state index in [-0.39, 0.29) is 0 Å². The third kappa shape index (κ3) is 1.44. The summed E-state index contributed by atoms with van der Waals surface area (Å²) in [6, 6.07) is 1.75. The third-order valence-electron chi connectivity index (χ3n) is 0.957. The predicted octanol–water partition coefficient (Wildman–Crippen LogP) is 1.43. The molecule has 0 amide bonds. The summed E-state index contributed by atoms with van der Waals surface area (Å²) in [5, 5.41) is 0. The first-order valence-electron chi connectivity index (χ1n) is 2.40. The number of hydrogen-bond donors (Lipinski definition) is 2. The molecule has 0 aliphatic rings. The number of hydrogen-bond acceptors (Lipinski definition) is 3. The topological polar surface area (TPSA) is 50.9 Å². The van der Waals surface area contributed by atoms with E-state index in [4.69, 9.17) is 5.73 Å². The number of rotatable bonds is 1. The maximum absolute atomic E-state index is 5.52. The Balaban J connectivity index is 3.01. The van der Waals surface area contributed by atoms with E-state index < -0.39 is 0 Å². The van der Waals surface area contributed by atoms with Gasteiger partial charge in [0.25, 0.3) is 0 Å². The summed E-state index contributed by atoms with van der Waals surface area (Å²) in [6.45, 7) is 0. The zero-order valence-electron chi connectivity index (χ0n) is 4.63. The number of halogens is 1. The molecule has 0 saturated carbocycles. The maximum Gasteiger partial charge on any atom is 0.0846 e. The van der Waals surface area contributed by atoms with Gasteiger partial charge in [0.05, 0.1) is 40.4 Å². The molecule has 0 atom stereocenters. The van der Waals surface area contributed by atoms with Gasteiger partial charge in [-0.25, -0.2) is 0 Å². The molecule has 0 bridgehead atoms. The van der Waals surface area contributed by atoms with Gasteiger partial charge in [-0.05, 0) is 6.07 Å². The van der Waals surface area contributed by atoms with Crippen LogP contribution in [0.3, 0.4) is 0 Å². The number of nitrogen functional groups attached to an aromatic ring is 1. The van der Waals surface area contributed by atoms with Gasteiger partial charge in [0.1, 0.15) is 0 Å². The van der Waals surface area contributed by atoms with Gasteiger partial charge in [-0.1, -0.05) is 0 Å². The quantitative estimate of drug-likeness (QED) is 0.571. The first-order chi connectivity index (χ1) is 4.34. The van der Waals surface area contributed by atoms with Gasteiger partial charge in [-0.3, -0.25) is 4.98 Å². The van der Waals surface area contributed by atoms with E-state index in [2.05, 4.69) is 8.51 Å². The van der Waals surface area contributed by atoms with Crippen molar-refractivity contribution >= 4 is 34.2 Å². The molecule has 1 rings (SSSR count). The van der Waals surface area contributed by atoms with Crippen molar-refractivity contribution in [2.24, 2.45) is 0 Å². The summed E-state index contributed by atoms with van der Waals surface area (Å²) in [7, 11) is 0. The normalized spacial score (nSPS) is 9.00. The predicted molar refractivity (Wildman–Crippen MR) is 46.3 cm³/mol. The highest BCUT2D eigenvalue weighted by atomic mass is 127. The second-order valence-electron chi connectivity index (χ2n) is 1.56. The minimum absolute atomic E-state index is 0.722. The highest BCUT2D eigenvalue weighted by Crippen LogP contribution is 2.15. The van der Waals surface area contributed by atoms with E-state index in [1.165, 1.54) is 0 Å². The van der Waals surface area contributed by atoms with Crippen molar-refractivity contribution in [1.82, 2.24) is 4.98 Å². The van der Waals surface area contributed by atoms with E-state index in [1.54, 1.807) is 18.5 Å². The lowest BCUT2D eigenvalue weighted by atomic mass is 10.4. The molecule has 3 N–H and O–H groups in total. The Hall–Kier alpha value is -0.520. The molecule has 0 aliphatic carbocycles. The lowest BCUT2D eigenvalue weighted by molar-refractivity contribution is 1.34. The van der Waals surface area contributed by atoms with Crippen LogP contribution in [0.15, 0.2) is 18.5 Å². The van der Waals surface area contributed by atoms with Crippen LogP contribution in [-0.2, 0) is 0 Å². The molecule has 0 radical (unpaired) electrons. The Morgan fingerprint density at radius 1 is 1.67 bits per heavy atom. The zero-order valence-corrected chi connectivity index (χ0v) is 6.79. The van der Waals surface area contributed by atoms with Gasteiger partial charge in [-0.2, -0.15) is 0 Å². The van der Waals surface area contributed by atoms with Crippen LogP contribution in [0.2, 0.25) is 0 Å². The highest BCUT2D eigenvalue weighted by Gasteiger charge is 1.91. The van der Waals surface area contributed by atoms with Crippen molar-refractivity contribution in [3.05, 3.63) is 18.5 Å². The van der Waals surface area contributed by atoms with Crippen molar-refractivity contribution in [1.29, 1.82) is 0 Å². The molecule has 0 aromatic carbocycles. The first-order valence-corrected chi connectivity index (χ1v) is 3.48. The van der Waals surface area contributed by atoms with Crippen molar-refractivity contribution in [2.45, 2.75) is 0 Å². The van der Waals surface area contributed by atoms with Crippen LogP contribution in [0.25, 0.3) is 0 Å². The Kier molecular flexibility index (Phi) is 2.10. The number of nitrogens with one attached hydrogen (secondary N) is 1. The molecule has 48 valence electrons. The molecule has 0 unspecified atom stereocenters. The number of pyridine rings is 1. The summed E-state index contributed by atoms with van der Waals surface area (Å²) >= 11 is 2.01. The molecule has 0 aliphatic heterocycles. The summed E-state index contributed by atoms with van der Waals surface area (Å²) in [5.41, 5.74) is 7.10. The van der Waals surface area contributed by atoms with Crippen LogP contribution in [0.1, 0.15) is 0 Å². The third-order valence-corrected chi connectivity index (χ3v) is 1.54. The molecule has 1 aromatic rings. The minimum atomic E-state index is 0.722. The van der Waals surface area contributed by atoms with E-state index in [0.29, 0.717) is 0 Å². The minimum Gasteiger partial charge on any atom is -0.397 e. The Morgan fingerprint density at radius 2 is 2.44 bits per heavy atom. The second kappa shape index (κ2) is 2.86. The molecular formula is C5H6IN3. The van der Waals surface area contributed by atoms with Crippen molar-refractivity contribution in [3.63, 3.8) is 0 Å². The Morgan fingerprint density at radius 3 is 2.89 bits per heavy atom. The lowest BCUT2D eigenvalue weighted by Gasteiger charge is -1.98. The van der Waals surface area contributed by atoms with Gasteiger partial charge < -0.3 is 9.26 Å². The Bertz CT molecular complexity index is 201. The van der Waals surface area contributed by atoms with Crippen LogP contribution in [0.4, 0.5) is 11.4 Å². The smallest absolute Gasteiger partial charge is 0.0846 e. The molecule has 0 spiro atoms. The van der Waals surface area contributed by atoms with Crippen molar-refractivity contribution in [2.75, 3.05) is 9.26 Å². The van der Waals surface area contributed by atoms with Crippen LogP contribution in [0.5, 0.6) is 0 Å². The van der Waals surface area contributed by atoms with E-state index >= 15 is 0 Å². The highest BCUT2D eigenvalue weighted by molar-refractivity contribution is 14.1. The molecule has 9 heavy (non-hydrogen) atoms. The summed E-state index contributed by atoms with van der Waals surface area (Å²) < 4.78 is 2.88. The van der Waals surface area contributed by atoms with Gasteiger partial charge in [0.2, 0.25) is 0 Å². The first kappa shape index (κ1) is 6.60. The van der Waals surface area contributed by atoms with Crippen molar-refractivity contribution in [3.8, 4) is 0 Å². The molecule has 3 nitrogen and oxygen atoms in total. The van der Waals surface area contributed by atoms with E-state index in [1.807, 2.05) is 22.9 Å². The summed E-state index contributed by atoms with van der Waals surface area (Å²) in [5.74, 6) is 0. The summed E-state index contributed by atoms with van der Waals surface area (Å²) in [6.07, 6.45) is 3.34. The SMILES string of the molecule is Nc1ccncc1NI. The molecule has 0 saturated heterocycles. The zero-order chi connectivity index (χ0) is 6.69. The maximum atomic E-state index is 5.52. The standard InChI is InChI=1S/C5H6IN3/c6-9-5-3-8-2-1-4(5)7/h1-3,9H,(H2,7,8). The number of anilines is 2. The molecule has 4 heteroatoms. The number of nitrogens with zero attached hydrogens (tertiary/aromatic N) is 1. The van der Waals surface area contributed by atoms with Crippen LogP contribution in [0, 0.1) is 0 Å². The summed E-state index contributed by atoms with van der Waals surface area (Å²) in [4.78, 5) is 3.87. The van der Waals surface area contributed by atoms with Crippen LogP contribution >= 0.6 is 22.9 Å². The van der Waals surface area contributed by atoms with Crippen LogP contribution < -0.4 is 9.26 Å². The fraction of sp³-hybridized carbons (Fsp3) is 0. The second-order valence-corrected chi connectivity index (χ2v) is 2.10. The average Bonchev–Trinajstić information content (AvgIpc) is 1.89. The number of nitrogens with two attached hydrogens (primary N) is 1. The van der Waals surface area contributed by atoms with Crippen molar-refractivity contribution < 1.29 is 0 Å². The molecule has 0 fully saturated rings. The average molecular weight is 235 g/mol. The lowest BCUT2D eigenvalue weighted by Crippen LogP contribution is -1.90. The monoisotopic (exact) mass is 235 g/mol. The van der Waals surface area contributed by atoms with Gasteiger partial charge >= 0.3 is 0 Å². The van der Waals surface area contributed by atoms with Crippen LogP contribution in [-0.4, -0.2) is 4.98 Å². The van der Waals surface area contributed by atoms with Gasteiger partial charge in [0, 0.05) is 6.20 Å². The molecule has 1 aromatic heterocycles. The largest absolute Gasteiger partial charge is 0.397 e. The van der Waals surface area contributed by atoms with Gasteiger partial charge in [0.15, 0.2) is 0 Å². The van der Waals surface area contributed by atoms with E-state index in [9.17, 15) is 0 Å². The fourth-order valence-electron chi connectivity index (χ4n) is 0.484. The molecule has 1 heterocycles. The van der Waals surface area contributed by atoms with E-state index in [0.717, 1.165) is 11.4 Å². The number of aromatic nitrogens is 1.